The second-order valence-corrected chi connectivity index (χ2v) is 4.98. The van der Waals surface area contributed by atoms with E-state index >= 15 is 0 Å². The van der Waals surface area contributed by atoms with Crippen molar-refractivity contribution in [3.05, 3.63) is 21.7 Å². The molecular weight excluding hydrogens is 352 g/mol. The Kier molecular flexibility index (Phi) is 4.26. The predicted octanol–water partition coefficient (Wildman–Crippen LogP) is 1.55. The van der Waals surface area contributed by atoms with Crippen LogP contribution in [0.2, 0.25) is 0 Å². The van der Waals surface area contributed by atoms with Crippen molar-refractivity contribution in [2.45, 2.75) is 17.6 Å². The number of pyridine rings is 1. The van der Waals surface area contributed by atoms with Gasteiger partial charge in [-0.15, -0.1) is 13.2 Å². The molecule has 1 rings (SSSR count). The van der Waals surface area contributed by atoms with E-state index in [9.17, 15) is 44.9 Å². The highest BCUT2D eigenvalue weighted by molar-refractivity contribution is 7.89. The average molecular weight is 355 g/mol. The normalized spacial score (nSPS) is 13.0. The number of ether oxygens (including phenoxy) is 1. The summed E-state index contributed by atoms with van der Waals surface area (Å²) >= 11 is 0. The van der Waals surface area contributed by atoms with Crippen LogP contribution in [-0.4, -0.2) is 24.7 Å². The molecule has 0 saturated heterocycles. The highest BCUT2D eigenvalue weighted by Crippen LogP contribution is 2.41. The Bertz CT molecular complexity index is 713. The van der Waals surface area contributed by atoms with E-state index in [4.69, 9.17) is 0 Å². The molecule has 0 aliphatic carbocycles. The molecule has 124 valence electrons. The van der Waals surface area contributed by atoms with E-state index in [1.165, 1.54) is 0 Å². The standard InChI is InChI=1S/C7H3F6N3O5S/c8-6(9,10)4-2(16(17)18)1-3(21-7(11,12)13)15-5(4)22(14,19)20/h1H,(H2,14,19,20). The first kappa shape index (κ1) is 17.9. The smallest absolute Gasteiger partial charge is 0.388 e. The lowest BCUT2D eigenvalue weighted by atomic mass is 10.2. The van der Waals surface area contributed by atoms with Gasteiger partial charge in [0.05, 0.1) is 11.0 Å². The van der Waals surface area contributed by atoms with Crippen molar-refractivity contribution in [1.29, 1.82) is 0 Å². The molecule has 2 N–H and O–H groups in total. The Labute approximate surface area is 116 Å². The van der Waals surface area contributed by atoms with Gasteiger partial charge in [0.2, 0.25) is 5.88 Å². The molecule has 0 radical (unpaired) electrons. The summed E-state index contributed by atoms with van der Waals surface area (Å²) in [7, 11) is -5.33. The molecular formula is C7H3F6N3O5S. The van der Waals surface area contributed by atoms with E-state index in [1.807, 2.05) is 0 Å². The molecule has 0 saturated carbocycles. The largest absolute Gasteiger partial charge is 0.574 e. The zero-order valence-electron chi connectivity index (χ0n) is 9.77. The maximum atomic E-state index is 12.7. The van der Waals surface area contributed by atoms with Crippen LogP contribution in [0.15, 0.2) is 11.1 Å². The van der Waals surface area contributed by atoms with Crippen LogP contribution < -0.4 is 9.88 Å². The molecule has 0 aromatic carbocycles. The Balaban J connectivity index is 3.81. The minimum atomic E-state index is -5.62. The highest BCUT2D eigenvalue weighted by Gasteiger charge is 2.46. The Hall–Kier alpha value is -2.16. The third-order valence-corrected chi connectivity index (χ3v) is 2.75. The van der Waals surface area contributed by atoms with Crippen molar-refractivity contribution < 1.29 is 44.4 Å². The van der Waals surface area contributed by atoms with E-state index in [0.717, 1.165) is 0 Å². The Morgan fingerprint density at radius 1 is 1.23 bits per heavy atom. The number of primary sulfonamides is 1. The molecule has 0 aliphatic rings. The number of nitro groups is 1. The van der Waals surface area contributed by atoms with Crippen LogP contribution in [0.4, 0.5) is 32.0 Å². The van der Waals surface area contributed by atoms with E-state index in [1.54, 1.807) is 0 Å². The minimum absolute atomic E-state index is 0.314. The lowest BCUT2D eigenvalue weighted by Gasteiger charge is -2.13. The molecule has 22 heavy (non-hydrogen) atoms. The molecule has 15 heteroatoms. The van der Waals surface area contributed by atoms with E-state index in [-0.39, 0.29) is 6.07 Å². The summed E-state index contributed by atoms with van der Waals surface area (Å²) in [5, 5.41) is 12.8. The molecule has 0 aliphatic heterocycles. The lowest BCUT2D eigenvalue weighted by molar-refractivity contribution is -0.388. The molecule has 0 atom stereocenters. The van der Waals surface area contributed by atoms with Gasteiger partial charge in [-0.1, -0.05) is 0 Å². The second kappa shape index (κ2) is 5.24. The van der Waals surface area contributed by atoms with Crippen molar-refractivity contribution in [3.8, 4) is 5.88 Å². The monoisotopic (exact) mass is 355 g/mol. The third kappa shape index (κ3) is 4.17. The van der Waals surface area contributed by atoms with Gasteiger partial charge in [0.15, 0.2) is 10.6 Å². The molecule has 0 fully saturated rings. The van der Waals surface area contributed by atoms with Gasteiger partial charge in [0.1, 0.15) is 0 Å². The number of nitrogens with zero attached hydrogens (tertiary/aromatic N) is 2. The summed E-state index contributed by atoms with van der Waals surface area (Å²) < 4.78 is 99.4. The number of rotatable bonds is 3. The maximum Gasteiger partial charge on any atom is 0.574 e. The molecule has 0 unspecified atom stereocenters. The van der Waals surface area contributed by atoms with Crippen molar-refractivity contribution in [3.63, 3.8) is 0 Å². The van der Waals surface area contributed by atoms with Crippen LogP contribution in [0.25, 0.3) is 0 Å². The first-order valence-corrected chi connectivity index (χ1v) is 6.22. The number of halogens is 6. The quantitative estimate of drug-likeness (QED) is 0.498. The first-order valence-electron chi connectivity index (χ1n) is 4.68. The van der Waals surface area contributed by atoms with Crippen molar-refractivity contribution in [2.24, 2.45) is 5.14 Å². The van der Waals surface area contributed by atoms with Crippen LogP contribution in [0.5, 0.6) is 5.88 Å². The third-order valence-electron chi connectivity index (χ3n) is 1.91. The van der Waals surface area contributed by atoms with Crippen LogP contribution in [0, 0.1) is 10.1 Å². The van der Waals surface area contributed by atoms with E-state index in [2.05, 4.69) is 14.9 Å². The van der Waals surface area contributed by atoms with Gasteiger partial charge in [-0.25, -0.2) is 13.6 Å². The van der Waals surface area contributed by atoms with Gasteiger partial charge >= 0.3 is 12.5 Å². The summed E-state index contributed by atoms with van der Waals surface area (Å²) in [5.41, 5.74) is -4.42. The van der Waals surface area contributed by atoms with Gasteiger partial charge in [-0.3, -0.25) is 10.1 Å². The van der Waals surface area contributed by atoms with Crippen molar-refractivity contribution in [1.82, 2.24) is 4.98 Å². The second-order valence-electron chi connectivity index (χ2n) is 3.51. The van der Waals surface area contributed by atoms with Crippen molar-refractivity contribution >= 4 is 15.7 Å². The molecule has 8 nitrogen and oxygen atoms in total. The Morgan fingerprint density at radius 3 is 2.05 bits per heavy atom. The van der Waals surface area contributed by atoms with Crippen LogP contribution in [-0.2, 0) is 16.2 Å². The SMILES string of the molecule is NS(=O)(=O)c1nc(OC(F)(F)F)cc([N+](=O)[O-])c1C(F)(F)F. The number of hydrogen-bond donors (Lipinski definition) is 1. The number of alkyl halides is 6. The van der Waals surface area contributed by atoms with E-state index in [0.29, 0.717) is 0 Å². The van der Waals surface area contributed by atoms with Crippen LogP contribution in [0.1, 0.15) is 5.56 Å². The fourth-order valence-corrected chi connectivity index (χ4v) is 2.00. The molecule has 1 heterocycles. The zero-order valence-corrected chi connectivity index (χ0v) is 10.6. The van der Waals surface area contributed by atoms with Gasteiger partial charge in [0, 0.05) is 0 Å². The summed E-state index contributed by atoms with van der Waals surface area (Å²) in [6, 6.07) is -0.314. The molecule has 0 spiro atoms. The number of aromatic nitrogens is 1. The summed E-state index contributed by atoms with van der Waals surface area (Å²) in [5.74, 6) is -1.78. The predicted molar refractivity (Wildman–Crippen MR) is 53.9 cm³/mol. The fourth-order valence-electron chi connectivity index (χ4n) is 1.27. The molecule has 1 aromatic rings. The number of nitrogens with two attached hydrogens (primary N) is 1. The van der Waals surface area contributed by atoms with Crippen LogP contribution in [0.3, 0.4) is 0 Å². The summed E-state index contributed by atoms with van der Waals surface area (Å²) in [6.45, 7) is 0. The zero-order chi connectivity index (χ0) is 17.5. The Morgan fingerprint density at radius 2 is 1.73 bits per heavy atom. The number of hydrogen-bond acceptors (Lipinski definition) is 6. The highest BCUT2D eigenvalue weighted by atomic mass is 32.2. The van der Waals surface area contributed by atoms with Gasteiger partial charge in [-0.05, 0) is 0 Å². The maximum absolute atomic E-state index is 12.7. The molecule has 0 amide bonds. The minimum Gasteiger partial charge on any atom is -0.388 e. The first-order chi connectivity index (χ1) is 9.63. The van der Waals surface area contributed by atoms with E-state index < -0.39 is 49.6 Å². The molecule has 1 aromatic heterocycles. The topological polar surface area (TPSA) is 125 Å². The van der Waals surface area contributed by atoms with Gasteiger partial charge in [0.25, 0.3) is 15.7 Å². The van der Waals surface area contributed by atoms with Gasteiger partial charge < -0.3 is 4.74 Å². The number of sulfonamides is 1. The fraction of sp³-hybridized carbons (Fsp3) is 0.286. The average Bonchev–Trinajstić information content (AvgIpc) is 2.22. The van der Waals surface area contributed by atoms with Crippen LogP contribution >= 0.6 is 0 Å². The summed E-state index contributed by atoms with van der Waals surface area (Å²) in [4.78, 5) is 11.3. The molecule has 0 bridgehead atoms. The summed E-state index contributed by atoms with van der Waals surface area (Å²) in [6.07, 6.45) is -11.1. The van der Waals surface area contributed by atoms with Crippen molar-refractivity contribution in [2.75, 3.05) is 0 Å². The van der Waals surface area contributed by atoms with Gasteiger partial charge in [-0.2, -0.15) is 18.2 Å². The lowest BCUT2D eigenvalue weighted by Crippen LogP contribution is -2.24.